The van der Waals surface area contributed by atoms with E-state index >= 15 is 0 Å². The minimum Gasteiger partial charge on any atom is -0.384 e. The lowest BCUT2D eigenvalue weighted by molar-refractivity contribution is 0.134. The van der Waals surface area contributed by atoms with E-state index in [0.717, 1.165) is 18.7 Å². The monoisotopic (exact) mass is 388 g/mol. The molecule has 2 nitrogen and oxygen atoms in total. The molecule has 3 rings (SSSR count). The fraction of sp³-hybridized carbons (Fsp3) is 0.231. The van der Waals surface area contributed by atoms with Crippen LogP contribution in [0.4, 0.5) is 0 Å². The summed E-state index contributed by atoms with van der Waals surface area (Å²) in [6.07, 6.45) is -0.604. The van der Waals surface area contributed by atoms with Crippen LogP contribution in [0.3, 0.4) is 0 Å². The lowest BCUT2D eigenvalue weighted by Crippen LogP contribution is -2.00. The highest BCUT2D eigenvalue weighted by molar-refractivity contribution is 9.12. The van der Waals surface area contributed by atoms with Gasteiger partial charge in [0.05, 0.1) is 20.8 Å². The van der Waals surface area contributed by atoms with E-state index in [1.807, 2.05) is 24.3 Å². The largest absolute Gasteiger partial charge is 0.384 e. The summed E-state index contributed by atoms with van der Waals surface area (Å²) in [5.74, 6) is 0. The molecule has 1 aliphatic rings. The number of fused-ring (bicyclic) bond motifs is 1. The molecule has 0 bridgehead atoms. The Bertz CT molecular complexity index is 595. The Morgan fingerprint density at radius 3 is 2.67 bits per heavy atom. The van der Waals surface area contributed by atoms with Gasteiger partial charge in [-0.2, -0.15) is 0 Å². The van der Waals surface area contributed by atoms with Gasteiger partial charge < -0.3 is 9.84 Å². The smallest absolute Gasteiger partial charge is 0.106 e. The first kappa shape index (κ1) is 12.8. The van der Waals surface area contributed by atoms with Crippen molar-refractivity contribution < 1.29 is 9.84 Å². The van der Waals surface area contributed by atoms with Gasteiger partial charge in [-0.3, -0.25) is 0 Å². The first-order valence-corrected chi connectivity index (χ1v) is 7.87. The van der Waals surface area contributed by atoms with E-state index in [2.05, 4.69) is 31.9 Å². The lowest BCUT2D eigenvalue weighted by atomic mass is 10.00. The number of thiophene rings is 1. The van der Waals surface area contributed by atoms with Crippen molar-refractivity contribution >= 4 is 43.2 Å². The van der Waals surface area contributed by atoms with E-state index in [1.165, 1.54) is 11.1 Å². The molecule has 0 radical (unpaired) electrons. The summed E-state index contributed by atoms with van der Waals surface area (Å²) in [5.41, 5.74) is 4.20. The summed E-state index contributed by atoms with van der Waals surface area (Å²) < 4.78 is 7.35. The summed E-state index contributed by atoms with van der Waals surface area (Å²) in [5, 5.41) is 10.4. The van der Waals surface area contributed by atoms with Crippen LogP contribution in [0.2, 0.25) is 0 Å². The Labute approximate surface area is 126 Å². The third kappa shape index (κ3) is 2.30. The molecule has 1 aromatic heterocycles. The van der Waals surface area contributed by atoms with Crippen molar-refractivity contribution in [2.75, 3.05) is 0 Å². The Morgan fingerprint density at radius 2 is 1.94 bits per heavy atom. The topological polar surface area (TPSA) is 29.5 Å². The zero-order valence-electron chi connectivity index (χ0n) is 9.32. The van der Waals surface area contributed by atoms with Crippen molar-refractivity contribution in [3.05, 3.63) is 54.1 Å². The van der Waals surface area contributed by atoms with Crippen molar-refractivity contribution in [3.8, 4) is 0 Å². The van der Waals surface area contributed by atoms with Gasteiger partial charge in [-0.1, -0.05) is 18.2 Å². The molecule has 2 heterocycles. The SMILES string of the molecule is OC(c1ccc2c(c1)COC2)c1cc(Br)sc1Br. The highest BCUT2D eigenvalue weighted by Gasteiger charge is 2.19. The molecule has 94 valence electrons. The van der Waals surface area contributed by atoms with Gasteiger partial charge in [0.15, 0.2) is 0 Å². The van der Waals surface area contributed by atoms with Crippen LogP contribution in [0.15, 0.2) is 31.8 Å². The van der Waals surface area contributed by atoms with Crippen molar-refractivity contribution in [1.29, 1.82) is 0 Å². The van der Waals surface area contributed by atoms with Crippen LogP contribution in [0, 0.1) is 0 Å². The molecule has 1 aromatic carbocycles. The summed E-state index contributed by atoms with van der Waals surface area (Å²) in [6.45, 7) is 1.32. The molecule has 18 heavy (non-hydrogen) atoms. The number of aliphatic hydroxyl groups is 1. The van der Waals surface area contributed by atoms with Crippen molar-refractivity contribution in [3.63, 3.8) is 0 Å². The highest BCUT2D eigenvalue weighted by Crippen LogP contribution is 2.38. The first-order valence-electron chi connectivity index (χ1n) is 5.47. The van der Waals surface area contributed by atoms with Gasteiger partial charge in [0.1, 0.15) is 6.10 Å². The van der Waals surface area contributed by atoms with Crippen LogP contribution in [0.1, 0.15) is 28.4 Å². The van der Waals surface area contributed by atoms with E-state index in [9.17, 15) is 5.11 Å². The Kier molecular flexibility index (Phi) is 3.60. The average Bonchev–Trinajstić information content (AvgIpc) is 2.93. The predicted octanol–water partition coefficient (Wildman–Crippen LogP) is 4.39. The van der Waals surface area contributed by atoms with Crippen LogP contribution in [0.5, 0.6) is 0 Å². The molecule has 0 spiro atoms. The molecule has 5 heteroatoms. The van der Waals surface area contributed by atoms with Crippen LogP contribution < -0.4 is 0 Å². The molecule has 0 aliphatic carbocycles. The van der Waals surface area contributed by atoms with Gasteiger partial charge >= 0.3 is 0 Å². The fourth-order valence-corrected chi connectivity index (χ4v) is 4.96. The number of rotatable bonds is 2. The van der Waals surface area contributed by atoms with E-state index in [-0.39, 0.29) is 0 Å². The summed E-state index contributed by atoms with van der Waals surface area (Å²) in [6, 6.07) is 7.99. The molecule has 0 amide bonds. The Hall–Kier alpha value is -0.200. The number of halogens is 2. The molecule has 1 unspecified atom stereocenters. The fourth-order valence-electron chi connectivity index (χ4n) is 2.08. The number of benzene rings is 1. The Morgan fingerprint density at radius 1 is 1.17 bits per heavy atom. The first-order chi connectivity index (χ1) is 8.65. The second-order valence-corrected chi connectivity index (χ2v) is 7.95. The van der Waals surface area contributed by atoms with Gasteiger partial charge in [-0.15, -0.1) is 11.3 Å². The number of aliphatic hydroxyl groups excluding tert-OH is 1. The average molecular weight is 390 g/mol. The molecule has 0 saturated heterocycles. The minimum absolute atomic E-state index is 0.604. The molecule has 0 fully saturated rings. The maximum atomic E-state index is 10.4. The van der Waals surface area contributed by atoms with Crippen LogP contribution in [0.25, 0.3) is 0 Å². The van der Waals surface area contributed by atoms with Crippen LogP contribution >= 0.6 is 43.2 Å². The summed E-state index contributed by atoms with van der Waals surface area (Å²) in [4.78, 5) is 0. The van der Waals surface area contributed by atoms with Crippen LogP contribution in [-0.2, 0) is 18.0 Å². The molecule has 1 atom stereocenters. The number of hydrogen-bond donors (Lipinski definition) is 1. The molecular weight excluding hydrogens is 380 g/mol. The third-order valence-electron chi connectivity index (χ3n) is 3.04. The number of ether oxygens (including phenoxy) is 1. The zero-order chi connectivity index (χ0) is 12.7. The molecule has 2 aromatic rings. The molecule has 0 saturated carbocycles. The predicted molar refractivity (Wildman–Crippen MR) is 78.7 cm³/mol. The van der Waals surface area contributed by atoms with E-state index < -0.39 is 6.10 Å². The maximum absolute atomic E-state index is 10.4. The van der Waals surface area contributed by atoms with Crippen molar-refractivity contribution in [1.82, 2.24) is 0 Å². The second kappa shape index (κ2) is 5.06. The Balaban J connectivity index is 1.97. The molecule has 1 aliphatic heterocycles. The maximum Gasteiger partial charge on any atom is 0.106 e. The van der Waals surface area contributed by atoms with Gasteiger partial charge in [0, 0.05) is 5.56 Å². The third-order valence-corrected chi connectivity index (χ3v) is 5.42. The van der Waals surface area contributed by atoms with E-state index in [0.29, 0.717) is 13.2 Å². The van der Waals surface area contributed by atoms with Gasteiger partial charge in [0.25, 0.3) is 0 Å². The lowest BCUT2D eigenvalue weighted by Gasteiger charge is -2.11. The van der Waals surface area contributed by atoms with Crippen molar-refractivity contribution in [2.45, 2.75) is 19.3 Å². The minimum atomic E-state index is -0.604. The normalized spacial score (nSPS) is 15.7. The second-order valence-electron chi connectivity index (χ2n) is 4.20. The standard InChI is InChI=1S/C13H10Br2O2S/c14-11-4-10(13(15)18-11)12(16)7-1-2-8-5-17-6-9(8)3-7/h1-4,12,16H,5-6H2. The van der Waals surface area contributed by atoms with Crippen LogP contribution in [-0.4, -0.2) is 5.11 Å². The molecule has 1 N–H and O–H groups in total. The van der Waals surface area contributed by atoms with Gasteiger partial charge in [-0.05, 0) is 54.6 Å². The number of hydrogen-bond acceptors (Lipinski definition) is 3. The van der Waals surface area contributed by atoms with E-state index in [4.69, 9.17) is 4.74 Å². The molecular formula is C13H10Br2O2S. The summed E-state index contributed by atoms with van der Waals surface area (Å²) >= 11 is 8.48. The highest BCUT2D eigenvalue weighted by atomic mass is 79.9. The quantitative estimate of drug-likeness (QED) is 0.825. The van der Waals surface area contributed by atoms with E-state index in [1.54, 1.807) is 11.3 Å². The van der Waals surface area contributed by atoms with Gasteiger partial charge in [-0.25, -0.2) is 0 Å². The summed E-state index contributed by atoms with van der Waals surface area (Å²) in [7, 11) is 0. The van der Waals surface area contributed by atoms with Crippen molar-refractivity contribution in [2.24, 2.45) is 0 Å². The zero-order valence-corrected chi connectivity index (χ0v) is 13.3. The van der Waals surface area contributed by atoms with Gasteiger partial charge in [0.2, 0.25) is 0 Å².